The number of nitrogens with zero attached hydrogens (tertiary/aromatic N) is 2. The number of carbonyl (C=O) groups excluding carboxylic acids is 1. The van der Waals surface area contributed by atoms with Crippen LogP contribution in [-0.4, -0.2) is 11.2 Å². The maximum Gasteiger partial charge on any atom is 0.235 e. The summed E-state index contributed by atoms with van der Waals surface area (Å²) in [6.07, 6.45) is 1.47. The Hall–Kier alpha value is -1.41. The molecule has 58 valence electrons. The molecule has 0 aliphatic heterocycles. The third kappa shape index (κ3) is 1.53. The lowest BCUT2D eigenvalue weighted by Gasteiger charge is -1.88. The van der Waals surface area contributed by atoms with E-state index < -0.39 is 0 Å². The predicted molar refractivity (Wildman–Crippen MR) is 37.8 cm³/mol. The second-order valence-electron chi connectivity index (χ2n) is 2.21. The van der Waals surface area contributed by atoms with Gasteiger partial charge in [0, 0.05) is 5.56 Å². The summed E-state index contributed by atoms with van der Waals surface area (Å²) in [7, 11) is 0. The van der Waals surface area contributed by atoms with E-state index in [0.29, 0.717) is 12.3 Å². The lowest BCUT2D eigenvalue weighted by molar-refractivity contribution is 0.392. The molecule has 0 unspecified atom stereocenters. The molecule has 0 amide bonds. The first kappa shape index (κ1) is 7.69. The van der Waals surface area contributed by atoms with Crippen molar-refractivity contribution in [3.8, 4) is 0 Å². The minimum absolute atomic E-state index is 0.310. The Kier molecular flexibility index (Phi) is 2.18. The molecule has 11 heavy (non-hydrogen) atoms. The van der Waals surface area contributed by atoms with E-state index in [1.54, 1.807) is 6.92 Å². The monoisotopic (exact) mass is 152 g/mol. The summed E-state index contributed by atoms with van der Waals surface area (Å²) < 4.78 is 4.85. The maximum absolute atomic E-state index is 9.78. The molecule has 0 N–H and O–H groups in total. The highest BCUT2D eigenvalue weighted by Crippen LogP contribution is 2.12. The molecule has 0 atom stereocenters. The number of aryl methyl sites for hydroxylation is 2. The zero-order valence-electron chi connectivity index (χ0n) is 6.42. The first-order valence-corrected chi connectivity index (χ1v) is 3.21. The van der Waals surface area contributed by atoms with Gasteiger partial charge in [0.2, 0.25) is 6.08 Å². The Bertz CT molecular complexity index is 278. The fourth-order valence-electron chi connectivity index (χ4n) is 0.839. The minimum Gasteiger partial charge on any atom is -0.361 e. The summed E-state index contributed by atoms with van der Waals surface area (Å²) in [5, 5.41) is 3.70. The van der Waals surface area contributed by atoms with E-state index in [1.807, 2.05) is 6.92 Å². The van der Waals surface area contributed by atoms with Crippen molar-refractivity contribution < 1.29 is 9.32 Å². The standard InChI is InChI=1S/C7H8N2O2/c1-5-7(3-8-4-10)6(2)11-9-5/h3H2,1-2H3. The van der Waals surface area contributed by atoms with Crippen molar-refractivity contribution >= 4 is 6.08 Å². The highest BCUT2D eigenvalue weighted by atomic mass is 16.5. The Morgan fingerprint density at radius 3 is 2.82 bits per heavy atom. The number of isocyanates is 1. The van der Waals surface area contributed by atoms with Crippen molar-refractivity contribution in [2.45, 2.75) is 20.4 Å². The molecule has 1 heterocycles. The van der Waals surface area contributed by atoms with Gasteiger partial charge in [-0.2, -0.15) is 0 Å². The van der Waals surface area contributed by atoms with Crippen molar-refractivity contribution in [2.24, 2.45) is 4.99 Å². The highest BCUT2D eigenvalue weighted by Gasteiger charge is 2.06. The zero-order chi connectivity index (χ0) is 8.27. The molecule has 0 fully saturated rings. The Balaban J connectivity index is 2.91. The van der Waals surface area contributed by atoms with E-state index >= 15 is 0 Å². The fraction of sp³-hybridized carbons (Fsp3) is 0.429. The molecule has 4 heteroatoms. The van der Waals surface area contributed by atoms with Crippen LogP contribution in [0.25, 0.3) is 0 Å². The smallest absolute Gasteiger partial charge is 0.235 e. The molecule has 1 rings (SSSR count). The van der Waals surface area contributed by atoms with E-state index in [4.69, 9.17) is 4.52 Å². The molecule has 0 bridgehead atoms. The first-order valence-electron chi connectivity index (χ1n) is 3.21. The molecule has 4 nitrogen and oxygen atoms in total. The van der Waals surface area contributed by atoms with Gasteiger partial charge in [0.1, 0.15) is 5.76 Å². The van der Waals surface area contributed by atoms with Crippen LogP contribution in [0.15, 0.2) is 9.52 Å². The summed E-state index contributed by atoms with van der Waals surface area (Å²) >= 11 is 0. The van der Waals surface area contributed by atoms with Crippen molar-refractivity contribution in [2.75, 3.05) is 0 Å². The van der Waals surface area contributed by atoms with Gasteiger partial charge in [-0.3, -0.25) is 0 Å². The Labute approximate surface area is 63.9 Å². The maximum atomic E-state index is 9.78. The SMILES string of the molecule is Cc1noc(C)c1CN=C=O. The molecule has 0 aliphatic rings. The molecule has 1 aromatic rings. The first-order chi connectivity index (χ1) is 5.25. The Morgan fingerprint density at radius 2 is 2.36 bits per heavy atom. The second kappa shape index (κ2) is 3.12. The average Bonchev–Trinajstić information content (AvgIpc) is 2.29. The molecule has 0 aliphatic carbocycles. The van der Waals surface area contributed by atoms with E-state index in [1.165, 1.54) is 6.08 Å². The van der Waals surface area contributed by atoms with Gasteiger partial charge in [0.15, 0.2) is 0 Å². The molecule has 0 spiro atoms. The van der Waals surface area contributed by atoms with Crippen LogP contribution in [0, 0.1) is 13.8 Å². The molecule has 0 aromatic carbocycles. The predicted octanol–water partition coefficient (Wildman–Crippen LogP) is 1.13. The van der Waals surface area contributed by atoms with Crippen LogP contribution >= 0.6 is 0 Å². The third-order valence-corrected chi connectivity index (χ3v) is 1.48. The van der Waals surface area contributed by atoms with Gasteiger partial charge >= 0.3 is 0 Å². The van der Waals surface area contributed by atoms with Gasteiger partial charge in [-0.1, -0.05) is 5.16 Å². The van der Waals surface area contributed by atoms with Gasteiger partial charge in [-0.05, 0) is 13.8 Å². The number of aliphatic imine (C=N–C) groups is 1. The largest absolute Gasteiger partial charge is 0.361 e. The van der Waals surface area contributed by atoms with Gasteiger partial charge in [-0.25, -0.2) is 9.79 Å². The normalized spacial score (nSPS) is 9.27. The highest BCUT2D eigenvalue weighted by molar-refractivity contribution is 5.34. The summed E-state index contributed by atoms with van der Waals surface area (Å²) in [5.74, 6) is 0.710. The van der Waals surface area contributed by atoms with Gasteiger partial charge < -0.3 is 4.52 Å². The third-order valence-electron chi connectivity index (χ3n) is 1.48. The lowest BCUT2D eigenvalue weighted by atomic mass is 10.2. The van der Waals surface area contributed by atoms with E-state index in [-0.39, 0.29) is 0 Å². The van der Waals surface area contributed by atoms with Crippen LogP contribution in [0.5, 0.6) is 0 Å². The molecule has 1 aromatic heterocycles. The quantitative estimate of drug-likeness (QED) is 0.471. The van der Waals surface area contributed by atoms with Crippen molar-refractivity contribution in [1.29, 1.82) is 0 Å². The molecule has 0 saturated carbocycles. The molecule has 0 radical (unpaired) electrons. The van der Waals surface area contributed by atoms with Crippen molar-refractivity contribution in [3.63, 3.8) is 0 Å². The number of aromatic nitrogens is 1. The summed E-state index contributed by atoms with van der Waals surface area (Å²) in [6, 6.07) is 0. The van der Waals surface area contributed by atoms with Crippen LogP contribution < -0.4 is 0 Å². The zero-order valence-corrected chi connectivity index (χ0v) is 6.42. The van der Waals surface area contributed by atoms with Gasteiger partial charge in [0.05, 0.1) is 12.2 Å². The van der Waals surface area contributed by atoms with Gasteiger partial charge in [0.25, 0.3) is 0 Å². The van der Waals surface area contributed by atoms with Crippen molar-refractivity contribution in [3.05, 3.63) is 17.0 Å². The van der Waals surface area contributed by atoms with Crippen LogP contribution in [0.3, 0.4) is 0 Å². The Morgan fingerprint density at radius 1 is 1.64 bits per heavy atom. The number of hydrogen-bond donors (Lipinski definition) is 0. The summed E-state index contributed by atoms with van der Waals surface area (Å²) in [5.41, 5.74) is 1.65. The van der Waals surface area contributed by atoms with Crippen molar-refractivity contribution in [1.82, 2.24) is 5.16 Å². The minimum atomic E-state index is 0.310. The lowest BCUT2D eigenvalue weighted by Crippen LogP contribution is -1.84. The molecular formula is C7H8N2O2. The van der Waals surface area contributed by atoms with Crippen LogP contribution in [0.1, 0.15) is 17.0 Å². The van der Waals surface area contributed by atoms with Crippen LogP contribution in [0.4, 0.5) is 0 Å². The fourth-order valence-corrected chi connectivity index (χ4v) is 0.839. The van der Waals surface area contributed by atoms with Crippen LogP contribution in [0.2, 0.25) is 0 Å². The summed E-state index contributed by atoms with van der Waals surface area (Å²) in [4.78, 5) is 13.2. The van der Waals surface area contributed by atoms with E-state index in [0.717, 1.165) is 11.3 Å². The summed E-state index contributed by atoms with van der Waals surface area (Å²) in [6.45, 7) is 3.91. The van der Waals surface area contributed by atoms with Gasteiger partial charge in [-0.15, -0.1) is 0 Å². The average molecular weight is 152 g/mol. The molecular weight excluding hydrogens is 144 g/mol. The number of rotatable bonds is 2. The van der Waals surface area contributed by atoms with E-state index in [9.17, 15) is 4.79 Å². The molecule has 0 saturated heterocycles. The topological polar surface area (TPSA) is 55.5 Å². The van der Waals surface area contributed by atoms with E-state index in [2.05, 4.69) is 10.1 Å². The number of hydrogen-bond acceptors (Lipinski definition) is 4. The second-order valence-corrected chi connectivity index (χ2v) is 2.21. The van der Waals surface area contributed by atoms with Crippen LogP contribution in [-0.2, 0) is 11.3 Å².